The standard InChI is InChI=1S/C15H20N6O2/c1-9(2)17-14(22)12-5-11-4-10(6-21(11)19-12)18-15(23)13-7-20(3)8-16-13/h5,7-10H,4,6H2,1-3H3,(H,17,22)(H,18,23)/t10-/m0/s1. The van der Waals surface area contributed by atoms with E-state index in [4.69, 9.17) is 0 Å². The summed E-state index contributed by atoms with van der Waals surface area (Å²) in [4.78, 5) is 28.1. The highest BCUT2D eigenvalue weighted by Crippen LogP contribution is 2.16. The van der Waals surface area contributed by atoms with E-state index >= 15 is 0 Å². The van der Waals surface area contributed by atoms with Gasteiger partial charge in [0.1, 0.15) is 11.4 Å². The van der Waals surface area contributed by atoms with Gasteiger partial charge in [0.15, 0.2) is 0 Å². The number of imidazole rings is 1. The number of nitrogens with zero attached hydrogens (tertiary/aromatic N) is 4. The maximum atomic E-state index is 12.1. The van der Waals surface area contributed by atoms with Crippen LogP contribution in [0, 0.1) is 0 Å². The summed E-state index contributed by atoms with van der Waals surface area (Å²) >= 11 is 0. The molecule has 8 heteroatoms. The zero-order valence-corrected chi connectivity index (χ0v) is 13.4. The van der Waals surface area contributed by atoms with Gasteiger partial charge in [-0.15, -0.1) is 0 Å². The second-order valence-electron chi connectivity index (χ2n) is 6.13. The van der Waals surface area contributed by atoms with E-state index in [-0.39, 0.29) is 23.9 Å². The second-order valence-corrected chi connectivity index (χ2v) is 6.13. The molecule has 3 rings (SSSR count). The molecule has 0 aliphatic carbocycles. The summed E-state index contributed by atoms with van der Waals surface area (Å²) in [6.45, 7) is 4.37. The Morgan fingerprint density at radius 3 is 2.70 bits per heavy atom. The molecule has 1 aliphatic heterocycles. The Morgan fingerprint density at radius 2 is 2.09 bits per heavy atom. The third-order valence-corrected chi connectivity index (χ3v) is 3.64. The predicted molar refractivity (Wildman–Crippen MR) is 83.0 cm³/mol. The number of nitrogens with one attached hydrogen (secondary N) is 2. The van der Waals surface area contributed by atoms with Gasteiger partial charge in [-0.3, -0.25) is 14.3 Å². The number of aryl methyl sites for hydroxylation is 1. The molecule has 0 unspecified atom stereocenters. The molecule has 0 saturated carbocycles. The van der Waals surface area contributed by atoms with Gasteiger partial charge in [-0.25, -0.2) is 4.98 Å². The van der Waals surface area contributed by atoms with Crippen LogP contribution in [0.5, 0.6) is 0 Å². The van der Waals surface area contributed by atoms with Crippen LogP contribution >= 0.6 is 0 Å². The zero-order chi connectivity index (χ0) is 16.6. The quantitative estimate of drug-likeness (QED) is 0.837. The van der Waals surface area contributed by atoms with Crippen LogP contribution in [-0.4, -0.2) is 43.2 Å². The lowest BCUT2D eigenvalue weighted by atomic mass is 10.2. The maximum absolute atomic E-state index is 12.1. The average Bonchev–Trinajstić information content (AvgIpc) is 3.11. The topological polar surface area (TPSA) is 93.8 Å². The first kappa shape index (κ1) is 15.3. The fourth-order valence-corrected chi connectivity index (χ4v) is 2.64. The van der Waals surface area contributed by atoms with Gasteiger partial charge >= 0.3 is 0 Å². The average molecular weight is 316 g/mol. The number of amides is 2. The highest BCUT2D eigenvalue weighted by atomic mass is 16.2. The van der Waals surface area contributed by atoms with Gasteiger partial charge in [0, 0.05) is 31.4 Å². The van der Waals surface area contributed by atoms with E-state index in [2.05, 4.69) is 20.7 Å². The molecule has 0 saturated heterocycles. The highest BCUT2D eigenvalue weighted by Gasteiger charge is 2.27. The fraction of sp³-hybridized carbons (Fsp3) is 0.467. The van der Waals surface area contributed by atoms with Crippen LogP contribution in [0.3, 0.4) is 0 Å². The molecule has 0 aromatic carbocycles. The van der Waals surface area contributed by atoms with Gasteiger partial charge in [-0.1, -0.05) is 0 Å². The van der Waals surface area contributed by atoms with Crippen molar-refractivity contribution in [2.24, 2.45) is 7.05 Å². The van der Waals surface area contributed by atoms with Gasteiger partial charge in [0.2, 0.25) is 0 Å². The Morgan fingerprint density at radius 1 is 1.30 bits per heavy atom. The number of fused-ring (bicyclic) bond motifs is 1. The monoisotopic (exact) mass is 316 g/mol. The van der Waals surface area contributed by atoms with E-state index < -0.39 is 0 Å². The number of rotatable bonds is 4. The number of carbonyl (C=O) groups is 2. The molecule has 0 fully saturated rings. The second kappa shape index (κ2) is 5.86. The molecule has 2 aromatic rings. The summed E-state index contributed by atoms with van der Waals surface area (Å²) in [7, 11) is 1.82. The van der Waals surface area contributed by atoms with Crippen LogP contribution in [0.15, 0.2) is 18.6 Å². The zero-order valence-electron chi connectivity index (χ0n) is 13.4. The van der Waals surface area contributed by atoms with E-state index in [1.807, 2.05) is 20.9 Å². The summed E-state index contributed by atoms with van der Waals surface area (Å²) in [5, 5.41) is 10.1. The molecule has 2 aromatic heterocycles. The Balaban J connectivity index is 1.61. The fourth-order valence-electron chi connectivity index (χ4n) is 2.64. The summed E-state index contributed by atoms with van der Waals surface area (Å²) in [5.74, 6) is -0.366. The molecule has 0 bridgehead atoms. The minimum absolute atomic E-state index is 0.0331. The van der Waals surface area contributed by atoms with Crippen molar-refractivity contribution >= 4 is 11.8 Å². The molecule has 0 spiro atoms. The van der Waals surface area contributed by atoms with Crippen LogP contribution in [0.1, 0.15) is 40.5 Å². The largest absolute Gasteiger partial charge is 0.348 e. The smallest absolute Gasteiger partial charge is 0.271 e. The Bertz CT molecular complexity index is 721. The maximum Gasteiger partial charge on any atom is 0.271 e. The van der Waals surface area contributed by atoms with E-state index in [1.165, 1.54) is 0 Å². The SMILES string of the molecule is CC(C)NC(=O)c1cc2n(n1)C[C@@H](NC(=O)c1cn(C)cn1)C2. The number of hydrogen-bond acceptors (Lipinski definition) is 4. The highest BCUT2D eigenvalue weighted by molar-refractivity contribution is 5.93. The molecule has 8 nitrogen and oxygen atoms in total. The van der Waals surface area contributed by atoms with Crippen molar-refractivity contribution in [1.29, 1.82) is 0 Å². The summed E-state index contributed by atoms with van der Waals surface area (Å²) in [6.07, 6.45) is 3.92. The van der Waals surface area contributed by atoms with E-state index in [9.17, 15) is 9.59 Å². The van der Waals surface area contributed by atoms with Crippen molar-refractivity contribution in [2.75, 3.05) is 0 Å². The molecule has 1 atom stereocenters. The lowest BCUT2D eigenvalue weighted by Crippen LogP contribution is -2.36. The van der Waals surface area contributed by atoms with Crippen LogP contribution in [0.2, 0.25) is 0 Å². The van der Waals surface area contributed by atoms with E-state index in [0.717, 1.165) is 5.69 Å². The van der Waals surface area contributed by atoms with Gasteiger partial charge in [0.05, 0.1) is 18.9 Å². The first-order chi connectivity index (χ1) is 10.9. The van der Waals surface area contributed by atoms with Crippen molar-refractivity contribution in [2.45, 2.75) is 38.9 Å². The van der Waals surface area contributed by atoms with Gasteiger partial charge in [-0.05, 0) is 19.9 Å². The molecule has 0 radical (unpaired) electrons. The number of hydrogen-bond donors (Lipinski definition) is 2. The van der Waals surface area contributed by atoms with Crippen molar-refractivity contribution in [3.63, 3.8) is 0 Å². The molecular formula is C15H20N6O2. The molecule has 2 N–H and O–H groups in total. The lowest BCUT2D eigenvalue weighted by Gasteiger charge is -2.10. The van der Waals surface area contributed by atoms with Crippen molar-refractivity contribution in [1.82, 2.24) is 30.0 Å². The van der Waals surface area contributed by atoms with Crippen LogP contribution in [0.4, 0.5) is 0 Å². The van der Waals surface area contributed by atoms with Crippen molar-refractivity contribution in [3.8, 4) is 0 Å². The molecule has 3 heterocycles. The summed E-state index contributed by atoms with van der Waals surface area (Å²) < 4.78 is 3.51. The minimum atomic E-state index is -0.195. The van der Waals surface area contributed by atoms with Crippen molar-refractivity contribution < 1.29 is 9.59 Å². The van der Waals surface area contributed by atoms with E-state index in [0.29, 0.717) is 24.4 Å². The molecule has 1 aliphatic rings. The third kappa shape index (κ3) is 3.25. The molecule has 2 amide bonds. The first-order valence-corrected chi connectivity index (χ1v) is 7.59. The predicted octanol–water partition coefficient (Wildman–Crippen LogP) is 0.110. The molecule has 122 valence electrons. The summed E-state index contributed by atoms with van der Waals surface area (Å²) in [5.41, 5.74) is 1.77. The van der Waals surface area contributed by atoms with Crippen molar-refractivity contribution in [3.05, 3.63) is 35.7 Å². The first-order valence-electron chi connectivity index (χ1n) is 7.59. The van der Waals surface area contributed by atoms with Crippen LogP contribution in [0.25, 0.3) is 0 Å². The Kier molecular flexibility index (Phi) is 3.89. The number of aromatic nitrogens is 4. The van der Waals surface area contributed by atoms with Gasteiger partial charge in [-0.2, -0.15) is 5.10 Å². The van der Waals surface area contributed by atoms with Crippen LogP contribution < -0.4 is 10.6 Å². The summed E-state index contributed by atoms with van der Waals surface area (Å²) in [6, 6.07) is 1.82. The van der Waals surface area contributed by atoms with Gasteiger partial charge < -0.3 is 15.2 Å². The van der Waals surface area contributed by atoms with Crippen LogP contribution in [-0.2, 0) is 20.0 Å². The normalized spacial score (nSPS) is 16.4. The third-order valence-electron chi connectivity index (χ3n) is 3.64. The Hall–Kier alpha value is -2.64. The minimum Gasteiger partial charge on any atom is -0.348 e. The van der Waals surface area contributed by atoms with Gasteiger partial charge in [0.25, 0.3) is 11.8 Å². The molecule has 23 heavy (non-hydrogen) atoms. The molecular weight excluding hydrogens is 296 g/mol. The lowest BCUT2D eigenvalue weighted by molar-refractivity contribution is 0.0921. The number of carbonyl (C=O) groups excluding carboxylic acids is 2. The Labute approximate surface area is 133 Å². The van der Waals surface area contributed by atoms with E-state index in [1.54, 1.807) is 27.8 Å².